The minimum absolute atomic E-state index is 0.00322. The number of rotatable bonds is 11. The summed E-state index contributed by atoms with van der Waals surface area (Å²) in [7, 11) is 3.35. The number of nitrogens with one attached hydrogen (secondary N) is 2. The Balaban J connectivity index is 1.22. The van der Waals surface area contributed by atoms with Crippen molar-refractivity contribution in [1.82, 2.24) is 15.5 Å². The Bertz CT molecular complexity index is 1690. The van der Waals surface area contributed by atoms with E-state index in [9.17, 15) is 9.90 Å². The Morgan fingerprint density at radius 2 is 1.58 bits per heavy atom. The maximum absolute atomic E-state index is 11.9. The number of carbonyl (C=O) groups is 1. The fraction of sp³-hybridized carbons (Fsp3) is 0.359. The molecule has 1 fully saturated rings. The second kappa shape index (κ2) is 15.7. The number of carbonyl (C=O) groups excluding carboxylic acids is 1. The summed E-state index contributed by atoms with van der Waals surface area (Å²) < 4.78 is 24.5. The fourth-order valence-corrected chi connectivity index (χ4v) is 6.55. The highest BCUT2D eigenvalue weighted by Gasteiger charge is 2.34. The molecule has 0 bridgehead atoms. The summed E-state index contributed by atoms with van der Waals surface area (Å²) in [6, 6.07) is 28.5. The molecule has 0 unspecified atom stereocenters. The van der Waals surface area contributed by atoms with Crippen molar-refractivity contribution in [3.63, 3.8) is 0 Å². The molecular weight excluding hydrogens is 606 g/mol. The summed E-state index contributed by atoms with van der Waals surface area (Å²) in [5.74, 6) is 1.51. The van der Waals surface area contributed by atoms with Gasteiger partial charge >= 0.3 is 6.03 Å². The van der Waals surface area contributed by atoms with Crippen LogP contribution in [0.2, 0.25) is 0 Å². The van der Waals surface area contributed by atoms with Crippen LogP contribution in [0.25, 0.3) is 11.1 Å². The van der Waals surface area contributed by atoms with Crippen molar-refractivity contribution < 1.29 is 28.8 Å². The van der Waals surface area contributed by atoms with Gasteiger partial charge in [-0.25, -0.2) is 4.79 Å². The van der Waals surface area contributed by atoms with Crippen molar-refractivity contribution in [1.29, 1.82) is 0 Å². The lowest BCUT2D eigenvalue weighted by Crippen LogP contribution is -2.41. The number of urea groups is 1. The van der Waals surface area contributed by atoms with Gasteiger partial charge in [-0.1, -0.05) is 60.7 Å². The highest BCUT2D eigenvalue weighted by molar-refractivity contribution is 5.74. The first-order valence-corrected chi connectivity index (χ1v) is 16.6. The number of nitrogens with zero attached hydrogens (tertiary/aromatic N) is 1. The van der Waals surface area contributed by atoms with E-state index in [1.807, 2.05) is 49.4 Å². The van der Waals surface area contributed by atoms with Crippen molar-refractivity contribution in [3.05, 3.63) is 118 Å². The largest absolute Gasteiger partial charge is 0.493 e. The minimum Gasteiger partial charge on any atom is -0.493 e. The van der Waals surface area contributed by atoms with Crippen LogP contribution in [0.4, 0.5) is 4.79 Å². The van der Waals surface area contributed by atoms with Gasteiger partial charge in [0, 0.05) is 44.7 Å². The maximum atomic E-state index is 11.9. The van der Waals surface area contributed by atoms with Crippen molar-refractivity contribution in [2.24, 2.45) is 0 Å². The number of methoxy groups -OCH3 is 2. The molecule has 1 saturated heterocycles. The molecule has 0 radical (unpaired) electrons. The Hall–Kier alpha value is -4.41. The van der Waals surface area contributed by atoms with Crippen LogP contribution in [-0.2, 0) is 35.6 Å². The molecule has 0 aliphatic carbocycles. The van der Waals surface area contributed by atoms with E-state index >= 15 is 0 Å². The molecule has 3 atom stereocenters. The average molecular weight is 652 g/mol. The SMILES string of the molecule is CCNC(=O)NCc1cccc(-c2cccc([C@@H]3O[C@H](CN4CCc5cc(OC)c(OC)cc5C4)C[C@H](c4ccc(CO)cc4)O3)c2)c1. The van der Waals surface area contributed by atoms with E-state index in [0.717, 1.165) is 70.9 Å². The number of hydrogen-bond acceptors (Lipinski definition) is 7. The number of aliphatic hydroxyl groups is 1. The van der Waals surface area contributed by atoms with E-state index in [0.29, 0.717) is 19.5 Å². The zero-order valence-corrected chi connectivity index (χ0v) is 27.9. The molecule has 9 nitrogen and oxygen atoms in total. The molecule has 9 heteroatoms. The molecular formula is C39H45N3O6. The molecule has 2 heterocycles. The third kappa shape index (κ3) is 7.99. The van der Waals surface area contributed by atoms with Crippen molar-refractivity contribution in [3.8, 4) is 22.6 Å². The minimum atomic E-state index is -0.560. The van der Waals surface area contributed by atoms with Crippen molar-refractivity contribution in [2.75, 3.05) is 33.9 Å². The van der Waals surface area contributed by atoms with Crippen LogP contribution in [0.3, 0.4) is 0 Å². The second-order valence-corrected chi connectivity index (χ2v) is 12.4. The van der Waals surface area contributed by atoms with Crippen LogP contribution in [0.5, 0.6) is 11.5 Å². The molecule has 2 aliphatic rings. The van der Waals surface area contributed by atoms with Gasteiger partial charge in [-0.05, 0) is 76.6 Å². The normalized spacial score (nSPS) is 19.3. The molecule has 4 aromatic carbocycles. The predicted octanol–water partition coefficient (Wildman–Crippen LogP) is 6.29. The number of hydrogen-bond donors (Lipinski definition) is 3. The zero-order valence-electron chi connectivity index (χ0n) is 27.9. The van der Waals surface area contributed by atoms with Crippen LogP contribution in [0.15, 0.2) is 84.9 Å². The van der Waals surface area contributed by atoms with E-state index in [1.165, 1.54) is 11.1 Å². The maximum Gasteiger partial charge on any atom is 0.315 e. The van der Waals surface area contributed by atoms with Gasteiger partial charge in [-0.3, -0.25) is 4.90 Å². The Labute approximate surface area is 282 Å². The number of amides is 2. The molecule has 6 rings (SSSR count). The molecule has 252 valence electrons. The Morgan fingerprint density at radius 3 is 2.31 bits per heavy atom. The standard InChI is InChI=1S/C39H45N3O6/c1-4-40-39(44)41-22-27-7-5-8-29(17-27)30-9-6-10-32(18-30)38-47-34(21-35(48-38)28-13-11-26(25-43)12-14-28)24-42-16-15-31-19-36(45-2)37(46-3)20-33(31)23-42/h5-14,17-20,34-35,38,43H,4,15-16,21-25H2,1-3H3,(H2,40,41,44)/t34-,35+,38+/m0/s1. The van der Waals surface area contributed by atoms with Gasteiger partial charge in [0.25, 0.3) is 0 Å². The van der Waals surface area contributed by atoms with Gasteiger partial charge in [0.05, 0.1) is 33.0 Å². The van der Waals surface area contributed by atoms with Crippen LogP contribution < -0.4 is 20.1 Å². The number of ether oxygens (including phenoxy) is 4. The molecule has 0 saturated carbocycles. The predicted molar refractivity (Wildman–Crippen MR) is 185 cm³/mol. The van der Waals surface area contributed by atoms with Gasteiger partial charge in [0.2, 0.25) is 0 Å². The zero-order chi connectivity index (χ0) is 33.5. The monoisotopic (exact) mass is 651 g/mol. The van der Waals surface area contributed by atoms with E-state index in [2.05, 4.69) is 58.0 Å². The Kier molecular flexibility index (Phi) is 10.9. The summed E-state index contributed by atoms with van der Waals surface area (Å²) in [5, 5.41) is 15.3. The second-order valence-electron chi connectivity index (χ2n) is 12.4. The number of fused-ring (bicyclic) bond motifs is 1. The number of aliphatic hydroxyl groups excluding tert-OH is 1. The van der Waals surface area contributed by atoms with Gasteiger partial charge in [-0.2, -0.15) is 0 Å². The third-order valence-electron chi connectivity index (χ3n) is 9.08. The molecule has 0 aromatic heterocycles. The van der Waals surface area contributed by atoms with Crippen LogP contribution in [-0.4, -0.2) is 56.0 Å². The highest BCUT2D eigenvalue weighted by atomic mass is 16.7. The molecule has 2 aliphatic heterocycles. The molecule has 0 spiro atoms. The summed E-state index contributed by atoms with van der Waals surface area (Å²) in [5.41, 5.74) is 8.52. The van der Waals surface area contributed by atoms with Crippen molar-refractivity contribution >= 4 is 6.03 Å². The molecule has 3 N–H and O–H groups in total. The van der Waals surface area contributed by atoms with E-state index in [-0.39, 0.29) is 24.8 Å². The van der Waals surface area contributed by atoms with Crippen molar-refractivity contribution in [2.45, 2.75) is 58.0 Å². The summed E-state index contributed by atoms with van der Waals surface area (Å²) in [6.07, 6.45) is 0.838. The first kappa shape index (κ1) is 33.5. The van der Waals surface area contributed by atoms with Gasteiger partial charge in [0.1, 0.15) is 0 Å². The first-order valence-electron chi connectivity index (χ1n) is 16.6. The van der Waals surface area contributed by atoms with E-state index in [1.54, 1.807) is 14.2 Å². The van der Waals surface area contributed by atoms with E-state index < -0.39 is 6.29 Å². The van der Waals surface area contributed by atoms with Gasteiger partial charge in [0.15, 0.2) is 17.8 Å². The lowest BCUT2D eigenvalue weighted by atomic mass is 9.96. The van der Waals surface area contributed by atoms with E-state index in [4.69, 9.17) is 18.9 Å². The van der Waals surface area contributed by atoms with Gasteiger partial charge < -0.3 is 34.7 Å². The average Bonchev–Trinajstić information content (AvgIpc) is 3.13. The van der Waals surface area contributed by atoms with Crippen LogP contribution >= 0.6 is 0 Å². The summed E-state index contributed by atoms with van der Waals surface area (Å²) in [4.78, 5) is 14.4. The van der Waals surface area contributed by atoms with Crippen LogP contribution in [0, 0.1) is 0 Å². The lowest BCUT2D eigenvalue weighted by molar-refractivity contribution is -0.253. The first-order chi connectivity index (χ1) is 23.5. The summed E-state index contributed by atoms with van der Waals surface area (Å²) in [6.45, 7) is 5.40. The lowest BCUT2D eigenvalue weighted by Gasteiger charge is -2.39. The highest BCUT2D eigenvalue weighted by Crippen LogP contribution is 2.40. The van der Waals surface area contributed by atoms with Crippen LogP contribution in [0.1, 0.15) is 59.1 Å². The fourth-order valence-electron chi connectivity index (χ4n) is 6.55. The number of benzene rings is 4. The Morgan fingerprint density at radius 1 is 0.854 bits per heavy atom. The summed E-state index contributed by atoms with van der Waals surface area (Å²) >= 11 is 0. The molecule has 2 amide bonds. The molecule has 4 aromatic rings. The molecule has 48 heavy (non-hydrogen) atoms. The quantitative estimate of drug-likeness (QED) is 0.175. The smallest absolute Gasteiger partial charge is 0.315 e. The van der Waals surface area contributed by atoms with Gasteiger partial charge in [-0.15, -0.1) is 0 Å². The third-order valence-corrected chi connectivity index (χ3v) is 9.08. The topological polar surface area (TPSA) is 102 Å².